The highest BCUT2D eigenvalue weighted by Crippen LogP contribution is 2.34. The van der Waals surface area contributed by atoms with Gasteiger partial charge in [0.15, 0.2) is 5.82 Å². The maximum absolute atomic E-state index is 5.45. The predicted octanol–water partition coefficient (Wildman–Crippen LogP) is 2.01. The van der Waals surface area contributed by atoms with E-state index in [-0.39, 0.29) is 0 Å². The van der Waals surface area contributed by atoms with E-state index < -0.39 is 0 Å². The van der Waals surface area contributed by atoms with Crippen molar-refractivity contribution in [2.75, 3.05) is 31.6 Å². The average Bonchev–Trinajstić information content (AvgIpc) is 3.38. The molecule has 1 aromatic carbocycles. The molecule has 0 radical (unpaired) electrons. The third-order valence-electron chi connectivity index (χ3n) is 4.87. The topological polar surface area (TPSA) is 68.1 Å². The summed E-state index contributed by atoms with van der Waals surface area (Å²) >= 11 is 0. The Kier molecular flexibility index (Phi) is 4.44. The SMILES string of the molecule is CC(c1cccc(NCc2nnnn2C2CC2)c1)N1CCOCC1. The summed E-state index contributed by atoms with van der Waals surface area (Å²) in [5, 5.41) is 15.5. The van der Waals surface area contributed by atoms with Gasteiger partial charge in [0.1, 0.15) is 0 Å². The lowest BCUT2D eigenvalue weighted by Crippen LogP contribution is -2.38. The van der Waals surface area contributed by atoms with E-state index in [4.69, 9.17) is 4.74 Å². The Bertz CT molecular complexity index is 677. The molecule has 1 saturated heterocycles. The number of nitrogens with zero attached hydrogens (tertiary/aromatic N) is 5. The van der Waals surface area contributed by atoms with Crippen LogP contribution >= 0.6 is 0 Å². The summed E-state index contributed by atoms with van der Waals surface area (Å²) in [6, 6.07) is 9.53. The summed E-state index contributed by atoms with van der Waals surface area (Å²) in [7, 11) is 0. The molecule has 7 heteroatoms. The molecule has 0 amide bonds. The largest absolute Gasteiger partial charge is 0.379 e. The van der Waals surface area contributed by atoms with Crippen LogP contribution < -0.4 is 5.32 Å². The quantitative estimate of drug-likeness (QED) is 0.875. The van der Waals surface area contributed by atoms with E-state index in [1.165, 1.54) is 18.4 Å². The van der Waals surface area contributed by atoms with Gasteiger partial charge < -0.3 is 10.1 Å². The van der Waals surface area contributed by atoms with Crippen LogP contribution in [-0.2, 0) is 11.3 Å². The molecular weight excluding hydrogens is 304 g/mol. The number of morpholine rings is 1. The molecule has 1 aromatic heterocycles. The van der Waals surface area contributed by atoms with Crippen molar-refractivity contribution in [3.8, 4) is 0 Å². The lowest BCUT2D eigenvalue weighted by molar-refractivity contribution is 0.0199. The Morgan fingerprint density at radius 2 is 2.12 bits per heavy atom. The van der Waals surface area contributed by atoms with Crippen molar-refractivity contribution in [2.45, 2.75) is 38.4 Å². The number of hydrogen-bond donors (Lipinski definition) is 1. The molecule has 2 fully saturated rings. The first-order chi connectivity index (χ1) is 11.8. The van der Waals surface area contributed by atoms with Crippen LogP contribution in [0.1, 0.15) is 43.2 Å². The summed E-state index contributed by atoms with van der Waals surface area (Å²) in [6.07, 6.45) is 2.37. The number of nitrogens with one attached hydrogen (secondary N) is 1. The average molecular weight is 328 g/mol. The van der Waals surface area contributed by atoms with Gasteiger partial charge in [-0.1, -0.05) is 12.1 Å². The second kappa shape index (κ2) is 6.86. The first kappa shape index (κ1) is 15.5. The van der Waals surface area contributed by atoms with Crippen molar-refractivity contribution in [1.29, 1.82) is 0 Å². The number of benzene rings is 1. The van der Waals surface area contributed by atoms with Gasteiger partial charge in [-0.15, -0.1) is 5.10 Å². The van der Waals surface area contributed by atoms with Gasteiger partial charge in [0.2, 0.25) is 0 Å². The molecule has 2 aliphatic rings. The number of tetrazole rings is 1. The normalized spacial score (nSPS) is 20.0. The number of hydrogen-bond acceptors (Lipinski definition) is 6. The third kappa shape index (κ3) is 3.42. The number of ether oxygens (including phenoxy) is 1. The maximum atomic E-state index is 5.45. The van der Waals surface area contributed by atoms with Crippen LogP contribution in [0.5, 0.6) is 0 Å². The first-order valence-corrected chi connectivity index (χ1v) is 8.73. The fourth-order valence-electron chi connectivity index (χ4n) is 3.20. The van der Waals surface area contributed by atoms with Crippen LogP contribution in [0.4, 0.5) is 5.69 Å². The highest BCUT2D eigenvalue weighted by atomic mass is 16.5. The summed E-state index contributed by atoms with van der Waals surface area (Å²) in [5.74, 6) is 0.907. The molecule has 1 saturated carbocycles. The van der Waals surface area contributed by atoms with Crippen LogP contribution in [0.2, 0.25) is 0 Å². The van der Waals surface area contributed by atoms with Gasteiger partial charge in [-0.2, -0.15) is 0 Å². The van der Waals surface area contributed by atoms with E-state index in [1.807, 2.05) is 4.68 Å². The fourth-order valence-corrected chi connectivity index (χ4v) is 3.20. The minimum absolute atomic E-state index is 0.396. The molecule has 0 spiro atoms. The van der Waals surface area contributed by atoms with E-state index in [0.717, 1.165) is 37.8 Å². The number of rotatable bonds is 6. The maximum Gasteiger partial charge on any atom is 0.170 e. The summed E-state index contributed by atoms with van der Waals surface area (Å²) in [5.41, 5.74) is 2.43. The predicted molar refractivity (Wildman–Crippen MR) is 90.7 cm³/mol. The molecule has 1 atom stereocenters. The van der Waals surface area contributed by atoms with E-state index in [1.54, 1.807) is 0 Å². The van der Waals surface area contributed by atoms with Crippen LogP contribution in [0.15, 0.2) is 24.3 Å². The van der Waals surface area contributed by atoms with Crippen molar-refractivity contribution in [1.82, 2.24) is 25.1 Å². The lowest BCUT2D eigenvalue weighted by atomic mass is 10.1. The monoisotopic (exact) mass is 328 g/mol. The molecule has 128 valence electrons. The van der Waals surface area contributed by atoms with Gasteiger partial charge in [-0.25, -0.2) is 4.68 Å². The molecular formula is C17H24N6O. The van der Waals surface area contributed by atoms with Crippen molar-refractivity contribution < 1.29 is 4.74 Å². The van der Waals surface area contributed by atoms with Crippen molar-refractivity contribution in [3.05, 3.63) is 35.7 Å². The molecule has 1 unspecified atom stereocenters. The van der Waals surface area contributed by atoms with Gasteiger partial charge >= 0.3 is 0 Å². The van der Waals surface area contributed by atoms with Gasteiger partial charge in [0.25, 0.3) is 0 Å². The molecule has 7 nitrogen and oxygen atoms in total. The number of anilines is 1. The minimum Gasteiger partial charge on any atom is -0.379 e. The summed E-state index contributed by atoms with van der Waals surface area (Å²) in [6.45, 7) is 6.55. The highest BCUT2D eigenvalue weighted by molar-refractivity contribution is 5.46. The Morgan fingerprint density at radius 3 is 2.92 bits per heavy atom. The smallest absolute Gasteiger partial charge is 0.170 e. The molecule has 0 bridgehead atoms. The zero-order valence-electron chi connectivity index (χ0n) is 14.1. The Morgan fingerprint density at radius 1 is 1.29 bits per heavy atom. The molecule has 2 heterocycles. The molecule has 1 aliphatic heterocycles. The summed E-state index contributed by atoms with van der Waals surface area (Å²) in [4.78, 5) is 2.47. The van der Waals surface area contributed by atoms with Gasteiger partial charge in [-0.3, -0.25) is 4.90 Å². The van der Waals surface area contributed by atoms with Crippen molar-refractivity contribution in [2.24, 2.45) is 0 Å². The highest BCUT2D eigenvalue weighted by Gasteiger charge is 2.27. The molecule has 24 heavy (non-hydrogen) atoms. The Hall–Kier alpha value is -1.99. The first-order valence-electron chi connectivity index (χ1n) is 8.73. The van der Waals surface area contributed by atoms with Gasteiger partial charge in [0.05, 0.1) is 25.8 Å². The van der Waals surface area contributed by atoms with Crippen LogP contribution in [0.25, 0.3) is 0 Å². The standard InChI is InChI=1S/C17H24N6O/c1-13(22-7-9-24-10-8-22)14-3-2-4-15(11-14)18-12-17-19-20-21-23(17)16-5-6-16/h2-4,11,13,16,18H,5-10,12H2,1H3. The molecule has 2 aromatic rings. The second-order valence-electron chi connectivity index (χ2n) is 6.57. The zero-order chi connectivity index (χ0) is 16.4. The van der Waals surface area contributed by atoms with E-state index in [0.29, 0.717) is 18.6 Å². The minimum atomic E-state index is 0.396. The Balaban J connectivity index is 1.41. The second-order valence-corrected chi connectivity index (χ2v) is 6.57. The van der Waals surface area contributed by atoms with Crippen LogP contribution in [0, 0.1) is 0 Å². The lowest BCUT2D eigenvalue weighted by Gasteiger charge is -2.32. The molecule has 1 N–H and O–H groups in total. The molecule has 4 rings (SSSR count). The van der Waals surface area contributed by atoms with Crippen molar-refractivity contribution >= 4 is 5.69 Å². The third-order valence-corrected chi connectivity index (χ3v) is 4.87. The van der Waals surface area contributed by atoms with Crippen LogP contribution in [0.3, 0.4) is 0 Å². The Labute approximate surface area is 142 Å². The van der Waals surface area contributed by atoms with E-state index >= 15 is 0 Å². The van der Waals surface area contributed by atoms with Gasteiger partial charge in [-0.05, 0) is 47.9 Å². The molecule has 1 aliphatic carbocycles. The van der Waals surface area contributed by atoms with E-state index in [9.17, 15) is 0 Å². The van der Waals surface area contributed by atoms with Gasteiger partial charge in [0, 0.05) is 24.8 Å². The fraction of sp³-hybridized carbons (Fsp3) is 0.588. The van der Waals surface area contributed by atoms with Crippen molar-refractivity contribution in [3.63, 3.8) is 0 Å². The summed E-state index contributed by atoms with van der Waals surface area (Å²) < 4.78 is 7.40. The number of aromatic nitrogens is 4. The zero-order valence-corrected chi connectivity index (χ0v) is 14.1. The van der Waals surface area contributed by atoms with E-state index in [2.05, 4.69) is 56.9 Å². The van der Waals surface area contributed by atoms with Crippen LogP contribution in [-0.4, -0.2) is 51.4 Å².